The minimum Gasteiger partial charge on any atom is -0.505 e. The SMILES string of the molecule is O=C(O)Cc1c(F)c(O)cc(F)c1F. The molecule has 76 valence electrons. The molecular weight excluding hydrogens is 201 g/mol. The lowest BCUT2D eigenvalue weighted by Crippen LogP contribution is -2.07. The normalized spacial score (nSPS) is 10.2. The van der Waals surface area contributed by atoms with Gasteiger partial charge in [-0.2, -0.15) is 0 Å². The van der Waals surface area contributed by atoms with E-state index in [1.807, 2.05) is 0 Å². The van der Waals surface area contributed by atoms with Crippen LogP contribution in [0.15, 0.2) is 6.07 Å². The summed E-state index contributed by atoms with van der Waals surface area (Å²) in [6, 6.07) is 0.246. The maximum absolute atomic E-state index is 12.9. The average Bonchev–Trinajstić information content (AvgIpc) is 2.09. The lowest BCUT2D eigenvalue weighted by atomic mass is 10.1. The molecule has 0 saturated heterocycles. The molecule has 0 radical (unpaired) electrons. The Labute approximate surface area is 76.4 Å². The average molecular weight is 206 g/mol. The van der Waals surface area contributed by atoms with Crippen LogP contribution in [0, 0.1) is 17.5 Å². The van der Waals surface area contributed by atoms with Crippen LogP contribution in [-0.2, 0) is 11.2 Å². The Bertz CT molecular complexity index is 364. The summed E-state index contributed by atoms with van der Waals surface area (Å²) >= 11 is 0. The van der Waals surface area contributed by atoms with Crippen LogP contribution in [-0.4, -0.2) is 16.2 Å². The molecule has 0 unspecified atom stereocenters. The van der Waals surface area contributed by atoms with E-state index in [1.54, 1.807) is 0 Å². The number of benzene rings is 1. The fraction of sp³-hybridized carbons (Fsp3) is 0.125. The zero-order valence-electron chi connectivity index (χ0n) is 6.72. The second-order valence-corrected chi connectivity index (χ2v) is 2.55. The van der Waals surface area contributed by atoms with Gasteiger partial charge < -0.3 is 10.2 Å². The Balaban J connectivity index is 3.31. The number of phenols is 1. The second kappa shape index (κ2) is 3.57. The van der Waals surface area contributed by atoms with Gasteiger partial charge in [0.25, 0.3) is 0 Å². The van der Waals surface area contributed by atoms with Gasteiger partial charge in [-0.3, -0.25) is 4.79 Å². The van der Waals surface area contributed by atoms with Gasteiger partial charge in [-0.15, -0.1) is 0 Å². The third-order valence-corrected chi connectivity index (χ3v) is 1.56. The van der Waals surface area contributed by atoms with Crippen molar-refractivity contribution >= 4 is 5.97 Å². The monoisotopic (exact) mass is 206 g/mol. The molecule has 1 rings (SSSR count). The largest absolute Gasteiger partial charge is 0.505 e. The standard InChI is InChI=1S/C8H5F3O3/c9-4-2-5(12)8(11)3(7(4)10)1-6(13)14/h2,12H,1H2,(H,13,14). The molecule has 1 aromatic rings. The molecule has 6 heteroatoms. The number of hydrogen-bond acceptors (Lipinski definition) is 2. The Morgan fingerprint density at radius 1 is 1.29 bits per heavy atom. The summed E-state index contributed by atoms with van der Waals surface area (Å²) in [4.78, 5) is 10.2. The maximum Gasteiger partial charge on any atom is 0.308 e. The lowest BCUT2D eigenvalue weighted by Gasteiger charge is -2.04. The fourth-order valence-corrected chi connectivity index (χ4v) is 0.948. The van der Waals surface area contributed by atoms with E-state index in [0.29, 0.717) is 0 Å². The van der Waals surface area contributed by atoms with E-state index in [2.05, 4.69) is 0 Å². The van der Waals surface area contributed by atoms with Gasteiger partial charge in [0.15, 0.2) is 23.2 Å². The quantitative estimate of drug-likeness (QED) is 0.719. The predicted molar refractivity (Wildman–Crippen MR) is 39.3 cm³/mol. The van der Waals surface area contributed by atoms with E-state index in [4.69, 9.17) is 10.2 Å². The first kappa shape index (κ1) is 10.4. The molecule has 0 heterocycles. The van der Waals surface area contributed by atoms with Gasteiger partial charge >= 0.3 is 5.97 Å². The Morgan fingerprint density at radius 2 is 1.86 bits per heavy atom. The van der Waals surface area contributed by atoms with Crippen molar-refractivity contribution in [3.05, 3.63) is 29.1 Å². The van der Waals surface area contributed by atoms with Gasteiger partial charge in [0.1, 0.15) is 0 Å². The molecule has 3 nitrogen and oxygen atoms in total. The van der Waals surface area contributed by atoms with Crippen molar-refractivity contribution < 1.29 is 28.2 Å². The van der Waals surface area contributed by atoms with Crippen LogP contribution in [0.1, 0.15) is 5.56 Å². The van der Waals surface area contributed by atoms with Crippen molar-refractivity contribution in [3.63, 3.8) is 0 Å². The van der Waals surface area contributed by atoms with Gasteiger partial charge in [-0.1, -0.05) is 0 Å². The number of hydrogen-bond donors (Lipinski definition) is 2. The van der Waals surface area contributed by atoms with Crippen LogP contribution in [0.5, 0.6) is 5.75 Å². The molecular formula is C8H5F3O3. The molecule has 2 N–H and O–H groups in total. The molecule has 0 aliphatic heterocycles. The number of aliphatic carboxylic acids is 1. The Hall–Kier alpha value is -1.72. The Morgan fingerprint density at radius 3 is 2.36 bits per heavy atom. The molecule has 0 bridgehead atoms. The maximum atomic E-state index is 12.9. The molecule has 0 aliphatic rings. The third kappa shape index (κ3) is 1.78. The number of rotatable bonds is 2. The van der Waals surface area contributed by atoms with Crippen LogP contribution in [0.25, 0.3) is 0 Å². The highest BCUT2D eigenvalue weighted by molar-refractivity contribution is 5.70. The predicted octanol–water partition coefficient (Wildman–Crippen LogP) is 1.44. The summed E-state index contributed by atoms with van der Waals surface area (Å²) in [6.07, 6.45) is -1.02. The summed E-state index contributed by atoms with van der Waals surface area (Å²) in [5, 5.41) is 17.0. The summed E-state index contributed by atoms with van der Waals surface area (Å²) in [5.41, 5.74) is -0.991. The number of carboxylic acids is 1. The summed E-state index contributed by atoms with van der Waals surface area (Å²) in [7, 11) is 0. The van der Waals surface area contributed by atoms with E-state index in [0.717, 1.165) is 0 Å². The van der Waals surface area contributed by atoms with Crippen LogP contribution >= 0.6 is 0 Å². The van der Waals surface area contributed by atoms with Gasteiger partial charge in [-0.25, -0.2) is 13.2 Å². The van der Waals surface area contributed by atoms with E-state index in [-0.39, 0.29) is 6.07 Å². The number of aromatic hydroxyl groups is 1. The zero-order chi connectivity index (χ0) is 10.9. The van der Waals surface area contributed by atoms with Crippen LogP contribution < -0.4 is 0 Å². The van der Waals surface area contributed by atoms with Gasteiger partial charge in [0.05, 0.1) is 6.42 Å². The van der Waals surface area contributed by atoms with Crippen molar-refractivity contribution in [1.29, 1.82) is 0 Å². The minimum atomic E-state index is -1.59. The highest BCUT2D eigenvalue weighted by Crippen LogP contribution is 2.24. The topological polar surface area (TPSA) is 57.5 Å². The minimum absolute atomic E-state index is 0.246. The summed E-state index contributed by atoms with van der Waals surface area (Å²) in [5.74, 6) is -7.16. The fourth-order valence-electron chi connectivity index (χ4n) is 0.948. The molecule has 14 heavy (non-hydrogen) atoms. The highest BCUT2D eigenvalue weighted by Gasteiger charge is 2.20. The van der Waals surface area contributed by atoms with Gasteiger partial charge in [0, 0.05) is 11.6 Å². The number of phenolic OH excluding ortho intramolecular Hbond substituents is 1. The molecule has 1 aromatic carbocycles. The van der Waals surface area contributed by atoms with Crippen molar-refractivity contribution in [2.45, 2.75) is 6.42 Å². The molecule has 0 fully saturated rings. The van der Waals surface area contributed by atoms with Crippen LogP contribution in [0.2, 0.25) is 0 Å². The smallest absolute Gasteiger partial charge is 0.308 e. The van der Waals surface area contributed by atoms with Gasteiger partial charge in [-0.05, 0) is 0 Å². The van der Waals surface area contributed by atoms with Gasteiger partial charge in [0.2, 0.25) is 0 Å². The first-order valence-electron chi connectivity index (χ1n) is 3.50. The Kier molecular flexibility index (Phi) is 2.64. The molecule has 0 spiro atoms. The van der Waals surface area contributed by atoms with E-state index in [9.17, 15) is 18.0 Å². The summed E-state index contributed by atoms with van der Waals surface area (Å²) in [6.45, 7) is 0. The molecule has 0 aromatic heterocycles. The van der Waals surface area contributed by atoms with Crippen molar-refractivity contribution in [2.24, 2.45) is 0 Å². The van der Waals surface area contributed by atoms with Crippen molar-refractivity contribution in [3.8, 4) is 5.75 Å². The zero-order valence-corrected chi connectivity index (χ0v) is 6.72. The first-order chi connectivity index (χ1) is 6.43. The molecule has 0 aliphatic carbocycles. The molecule has 0 atom stereocenters. The first-order valence-corrected chi connectivity index (χ1v) is 3.50. The van der Waals surface area contributed by atoms with Crippen molar-refractivity contribution in [2.75, 3.05) is 0 Å². The van der Waals surface area contributed by atoms with E-state index < -0.39 is 41.2 Å². The van der Waals surface area contributed by atoms with Crippen LogP contribution in [0.3, 0.4) is 0 Å². The number of carboxylic acid groups (broad SMARTS) is 1. The number of halogens is 3. The van der Waals surface area contributed by atoms with Crippen molar-refractivity contribution in [1.82, 2.24) is 0 Å². The molecule has 0 amide bonds. The highest BCUT2D eigenvalue weighted by atomic mass is 19.2. The lowest BCUT2D eigenvalue weighted by molar-refractivity contribution is -0.136. The molecule has 0 saturated carbocycles. The second-order valence-electron chi connectivity index (χ2n) is 2.55. The van der Waals surface area contributed by atoms with E-state index in [1.165, 1.54) is 0 Å². The third-order valence-electron chi connectivity index (χ3n) is 1.56. The van der Waals surface area contributed by atoms with E-state index >= 15 is 0 Å². The number of carbonyl (C=O) groups is 1. The summed E-state index contributed by atoms with van der Waals surface area (Å²) < 4.78 is 38.3. The van der Waals surface area contributed by atoms with Crippen LogP contribution in [0.4, 0.5) is 13.2 Å².